The van der Waals surface area contributed by atoms with E-state index in [0.717, 1.165) is 5.56 Å². The number of hydrazine groups is 1. The van der Waals surface area contributed by atoms with Crippen LogP contribution in [0.15, 0.2) is 47.4 Å². The van der Waals surface area contributed by atoms with Crippen molar-refractivity contribution in [3.63, 3.8) is 0 Å². The van der Waals surface area contributed by atoms with Crippen molar-refractivity contribution >= 4 is 35.0 Å². The fraction of sp³-hybridized carbons (Fsp3) is 0.200. The number of hydrogen-bond acceptors (Lipinski definition) is 3. The van der Waals surface area contributed by atoms with Crippen LogP contribution in [0.25, 0.3) is 0 Å². The second-order valence-electron chi connectivity index (χ2n) is 4.38. The van der Waals surface area contributed by atoms with Crippen molar-refractivity contribution < 1.29 is 0 Å². The lowest BCUT2D eigenvalue weighted by atomic mass is 9.99. The second kappa shape index (κ2) is 7.34. The van der Waals surface area contributed by atoms with Crippen LogP contribution in [0.4, 0.5) is 0 Å². The highest BCUT2D eigenvalue weighted by atomic mass is 35.5. The lowest BCUT2D eigenvalue weighted by Gasteiger charge is -2.20. The van der Waals surface area contributed by atoms with Crippen molar-refractivity contribution in [2.45, 2.75) is 17.4 Å². The van der Waals surface area contributed by atoms with Gasteiger partial charge in [-0.15, -0.1) is 11.8 Å². The topological polar surface area (TPSA) is 38.0 Å². The maximum atomic E-state index is 6.25. The molecular weight excluding hydrogens is 311 g/mol. The molecule has 20 heavy (non-hydrogen) atoms. The van der Waals surface area contributed by atoms with E-state index < -0.39 is 0 Å². The third-order valence-corrected chi connectivity index (χ3v) is 4.84. The van der Waals surface area contributed by atoms with E-state index >= 15 is 0 Å². The van der Waals surface area contributed by atoms with Crippen LogP contribution in [0.1, 0.15) is 17.2 Å². The molecule has 0 saturated carbocycles. The molecule has 0 spiro atoms. The Morgan fingerprint density at radius 1 is 1.15 bits per heavy atom. The maximum Gasteiger partial charge on any atom is 0.0624 e. The summed E-state index contributed by atoms with van der Waals surface area (Å²) in [5.41, 5.74) is 5.02. The molecular formula is C15H16Cl2N2S. The van der Waals surface area contributed by atoms with Crippen LogP contribution in [0.2, 0.25) is 10.0 Å². The van der Waals surface area contributed by atoms with Gasteiger partial charge in [-0.3, -0.25) is 11.3 Å². The molecule has 0 fully saturated rings. The minimum atomic E-state index is -0.00498. The molecule has 0 amide bonds. The summed E-state index contributed by atoms with van der Waals surface area (Å²) in [6, 6.07) is 13.9. The number of rotatable bonds is 5. The zero-order chi connectivity index (χ0) is 14.5. The van der Waals surface area contributed by atoms with Gasteiger partial charge in [0, 0.05) is 4.90 Å². The molecule has 0 aliphatic rings. The molecule has 0 aliphatic carbocycles. The van der Waals surface area contributed by atoms with Crippen LogP contribution in [-0.2, 0) is 6.42 Å². The van der Waals surface area contributed by atoms with Crippen molar-refractivity contribution in [3.8, 4) is 0 Å². The van der Waals surface area contributed by atoms with Crippen LogP contribution in [0.3, 0.4) is 0 Å². The first-order valence-corrected chi connectivity index (χ1v) is 8.17. The highest BCUT2D eigenvalue weighted by Crippen LogP contribution is 2.31. The van der Waals surface area contributed by atoms with E-state index in [2.05, 4.69) is 23.8 Å². The van der Waals surface area contributed by atoms with Gasteiger partial charge in [-0.2, -0.15) is 0 Å². The van der Waals surface area contributed by atoms with E-state index in [1.54, 1.807) is 17.8 Å². The number of benzene rings is 2. The van der Waals surface area contributed by atoms with Gasteiger partial charge in [0.2, 0.25) is 0 Å². The minimum Gasteiger partial charge on any atom is -0.271 e. The summed E-state index contributed by atoms with van der Waals surface area (Å²) in [6.07, 6.45) is 2.74. The molecule has 0 aliphatic heterocycles. The molecule has 106 valence electrons. The van der Waals surface area contributed by atoms with E-state index in [9.17, 15) is 0 Å². The smallest absolute Gasteiger partial charge is 0.0624 e. The van der Waals surface area contributed by atoms with E-state index in [1.165, 1.54) is 10.5 Å². The van der Waals surface area contributed by atoms with Gasteiger partial charge in [0.25, 0.3) is 0 Å². The van der Waals surface area contributed by atoms with Gasteiger partial charge in [0.05, 0.1) is 16.1 Å². The molecule has 0 bridgehead atoms. The van der Waals surface area contributed by atoms with Gasteiger partial charge in [-0.1, -0.05) is 53.5 Å². The van der Waals surface area contributed by atoms with Crippen molar-refractivity contribution in [2.75, 3.05) is 6.26 Å². The van der Waals surface area contributed by atoms with Crippen LogP contribution >= 0.6 is 35.0 Å². The van der Waals surface area contributed by atoms with Crippen LogP contribution in [0, 0.1) is 0 Å². The number of nitrogens with one attached hydrogen (secondary N) is 1. The Morgan fingerprint density at radius 2 is 1.90 bits per heavy atom. The highest BCUT2D eigenvalue weighted by Gasteiger charge is 2.16. The molecule has 2 rings (SSSR count). The van der Waals surface area contributed by atoms with E-state index in [1.807, 2.05) is 24.3 Å². The van der Waals surface area contributed by atoms with Crippen molar-refractivity contribution in [3.05, 3.63) is 63.6 Å². The van der Waals surface area contributed by atoms with Crippen molar-refractivity contribution in [1.29, 1.82) is 0 Å². The summed E-state index contributed by atoms with van der Waals surface area (Å²) < 4.78 is 0. The Bertz CT molecular complexity index is 590. The van der Waals surface area contributed by atoms with E-state index in [0.29, 0.717) is 16.5 Å². The summed E-state index contributed by atoms with van der Waals surface area (Å²) in [5, 5.41) is 1.16. The van der Waals surface area contributed by atoms with E-state index in [4.69, 9.17) is 29.0 Å². The molecule has 2 nitrogen and oxygen atoms in total. The fourth-order valence-corrected chi connectivity index (χ4v) is 3.20. The van der Waals surface area contributed by atoms with Crippen LogP contribution < -0.4 is 11.3 Å². The molecule has 1 atom stereocenters. The Balaban J connectivity index is 2.31. The number of thioether (sulfide) groups is 1. The molecule has 3 N–H and O–H groups in total. The standard InChI is InChI=1S/C15H16Cl2N2S/c1-20-14-8-3-2-6-11(14)13(19-18)9-10-5-4-7-12(16)15(10)17/h2-8,13,19H,9,18H2,1H3. The second-order valence-corrected chi connectivity index (χ2v) is 6.01. The molecule has 0 saturated heterocycles. The normalized spacial score (nSPS) is 12.4. The number of hydrogen-bond donors (Lipinski definition) is 2. The zero-order valence-electron chi connectivity index (χ0n) is 11.1. The maximum absolute atomic E-state index is 6.25. The van der Waals surface area contributed by atoms with Gasteiger partial charge in [-0.05, 0) is 35.9 Å². The van der Waals surface area contributed by atoms with Gasteiger partial charge < -0.3 is 0 Å². The highest BCUT2D eigenvalue weighted by molar-refractivity contribution is 7.98. The van der Waals surface area contributed by atoms with Crippen molar-refractivity contribution in [1.82, 2.24) is 5.43 Å². The Labute approximate surface area is 133 Å². The van der Waals surface area contributed by atoms with Crippen LogP contribution in [0.5, 0.6) is 0 Å². The average molecular weight is 327 g/mol. The van der Waals surface area contributed by atoms with Gasteiger partial charge in [0.1, 0.15) is 0 Å². The Kier molecular flexibility index (Phi) is 5.75. The molecule has 1 unspecified atom stereocenters. The predicted octanol–water partition coefficient (Wildman–Crippen LogP) is 4.46. The lowest BCUT2D eigenvalue weighted by molar-refractivity contribution is 0.544. The summed E-state index contributed by atoms with van der Waals surface area (Å²) >= 11 is 14.0. The van der Waals surface area contributed by atoms with Crippen molar-refractivity contribution in [2.24, 2.45) is 5.84 Å². The number of halogens is 2. The third-order valence-electron chi connectivity index (χ3n) is 3.17. The molecule has 0 heterocycles. The summed E-state index contributed by atoms with van der Waals surface area (Å²) in [7, 11) is 0. The fourth-order valence-electron chi connectivity index (χ4n) is 2.14. The summed E-state index contributed by atoms with van der Waals surface area (Å²) in [6.45, 7) is 0. The number of nitrogens with two attached hydrogens (primary N) is 1. The summed E-state index contributed by atoms with van der Waals surface area (Å²) in [5.74, 6) is 5.73. The molecule has 5 heteroatoms. The minimum absolute atomic E-state index is 0.00498. The lowest BCUT2D eigenvalue weighted by Crippen LogP contribution is -2.30. The first-order chi connectivity index (χ1) is 9.67. The van der Waals surface area contributed by atoms with E-state index in [-0.39, 0.29) is 6.04 Å². The van der Waals surface area contributed by atoms with Gasteiger partial charge >= 0.3 is 0 Å². The average Bonchev–Trinajstić information content (AvgIpc) is 2.49. The Hall–Kier alpha value is -0.710. The Morgan fingerprint density at radius 3 is 2.60 bits per heavy atom. The third kappa shape index (κ3) is 3.48. The largest absolute Gasteiger partial charge is 0.271 e. The first kappa shape index (κ1) is 15.7. The quantitative estimate of drug-likeness (QED) is 0.484. The monoisotopic (exact) mass is 326 g/mol. The van der Waals surface area contributed by atoms with Gasteiger partial charge in [-0.25, -0.2) is 0 Å². The zero-order valence-corrected chi connectivity index (χ0v) is 13.4. The summed E-state index contributed by atoms with van der Waals surface area (Å²) in [4.78, 5) is 1.20. The predicted molar refractivity (Wildman–Crippen MR) is 88.5 cm³/mol. The first-order valence-electron chi connectivity index (χ1n) is 6.19. The molecule has 2 aromatic rings. The SMILES string of the molecule is CSc1ccccc1C(Cc1cccc(Cl)c1Cl)NN. The molecule has 0 radical (unpaired) electrons. The van der Waals surface area contributed by atoms with Gasteiger partial charge in [0.15, 0.2) is 0 Å². The molecule has 0 aromatic heterocycles. The molecule has 2 aromatic carbocycles. The van der Waals surface area contributed by atoms with Crippen LogP contribution in [-0.4, -0.2) is 6.26 Å².